The van der Waals surface area contributed by atoms with E-state index in [-0.39, 0.29) is 36.9 Å². The zero-order chi connectivity index (χ0) is 20.7. The number of piperidine rings is 1. The van der Waals surface area contributed by atoms with E-state index in [2.05, 4.69) is 11.4 Å². The van der Waals surface area contributed by atoms with E-state index in [9.17, 15) is 14.4 Å². The fraction of sp³-hybridized carbons (Fsp3) is 0.545. The third-order valence-electron chi connectivity index (χ3n) is 6.67. The molecule has 1 aromatic heterocycles. The van der Waals surface area contributed by atoms with Gasteiger partial charge in [-0.1, -0.05) is 25.0 Å². The number of rotatable bonds is 4. The molecule has 3 heterocycles. The van der Waals surface area contributed by atoms with Crippen LogP contribution in [-0.2, 0) is 9.59 Å². The predicted molar refractivity (Wildman–Crippen MR) is 114 cm³/mol. The van der Waals surface area contributed by atoms with E-state index >= 15 is 0 Å². The van der Waals surface area contributed by atoms with Gasteiger partial charge in [-0.25, -0.2) is 9.78 Å². The summed E-state index contributed by atoms with van der Waals surface area (Å²) in [5.74, 6) is -0.161. The average molecular weight is 427 g/mol. The van der Waals surface area contributed by atoms with Crippen molar-refractivity contribution >= 4 is 39.4 Å². The van der Waals surface area contributed by atoms with Crippen molar-refractivity contribution in [2.24, 2.45) is 0 Å². The number of thiazole rings is 1. The van der Waals surface area contributed by atoms with Gasteiger partial charge >= 0.3 is 6.03 Å². The number of para-hydroxylation sites is 1. The van der Waals surface area contributed by atoms with Crippen LogP contribution in [0.2, 0.25) is 0 Å². The van der Waals surface area contributed by atoms with Crippen molar-refractivity contribution in [3.05, 3.63) is 29.3 Å². The maximum atomic E-state index is 13.1. The number of amides is 4. The first-order chi connectivity index (χ1) is 14.6. The Morgan fingerprint density at radius 3 is 2.77 bits per heavy atom. The van der Waals surface area contributed by atoms with Crippen LogP contribution in [0.25, 0.3) is 10.2 Å². The van der Waals surface area contributed by atoms with Gasteiger partial charge in [-0.3, -0.25) is 14.5 Å². The van der Waals surface area contributed by atoms with Gasteiger partial charge in [-0.05, 0) is 44.2 Å². The second-order valence-corrected chi connectivity index (χ2v) is 9.61. The van der Waals surface area contributed by atoms with Crippen LogP contribution in [0, 0.1) is 0 Å². The predicted octanol–water partition coefficient (Wildman–Crippen LogP) is 3.60. The molecule has 1 spiro atoms. The van der Waals surface area contributed by atoms with Gasteiger partial charge in [0.2, 0.25) is 5.91 Å². The molecule has 5 rings (SSSR count). The van der Waals surface area contributed by atoms with Crippen LogP contribution in [0.1, 0.15) is 62.4 Å². The first-order valence-electron chi connectivity index (χ1n) is 10.9. The number of carbonyl (C=O) groups is 3. The summed E-state index contributed by atoms with van der Waals surface area (Å²) in [5, 5.41) is 3.86. The third kappa shape index (κ3) is 3.27. The molecule has 30 heavy (non-hydrogen) atoms. The number of benzene rings is 1. The summed E-state index contributed by atoms with van der Waals surface area (Å²) < 4.78 is 1.13. The van der Waals surface area contributed by atoms with Crippen LogP contribution in [-0.4, -0.2) is 51.3 Å². The molecule has 3 fully saturated rings. The normalized spacial score (nSPS) is 23.5. The molecule has 1 atom stereocenters. The van der Waals surface area contributed by atoms with Gasteiger partial charge in [0, 0.05) is 19.5 Å². The van der Waals surface area contributed by atoms with Crippen LogP contribution in [0.4, 0.5) is 4.79 Å². The molecule has 0 radical (unpaired) electrons. The minimum Gasteiger partial charge on any atom is -0.333 e. The smallest absolute Gasteiger partial charge is 0.325 e. The van der Waals surface area contributed by atoms with E-state index in [1.807, 2.05) is 23.1 Å². The Labute approximate surface area is 179 Å². The van der Waals surface area contributed by atoms with Crippen molar-refractivity contribution in [1.82, 2.24) is 20.1 Å². The van der Waals surface area contributed by atoms with E-state index in [0.717, 1.165) is 47.3 Å². The highest BCUT2D eigenvalue weighted by Crippen LogP contribution is 2.37. The lowest BCUT2D eigenvalue weighted by atomic mass is 9.98. The molecule has 1 unspecified atom stereocenters. The third-order valence-corrected chi connectivity index (χ3v) is 7.81. The first kappa shape index (κ1) is 19.5. The van der Waals surface area contributed by atoms with E-state index in [4.69, 9.17) is 4.98 Å². The standard InChI is InChI=1S/C22H26N4O3S/c27-18(10-14-26-20(28)22(24-21(26)29)11-4-5-12-22)25-13-6-3-8-16(25)19-23-15-7-1-2-9-17(15)30-19/h1-2,7,9,16H,3-6,8,10-14H2,(H,24,29). The number of urea groups is 1. The minimum atomic E-state index is -0.714. The van der Waals surface area contributed by atoms with Crippen molar-refractivity contribution < 1.29 is 14.4 Å². The zero-order valence-electron chi connectivity index (χ0n) is 16.9. The second-order valence-electron chi connectivity index (χ2n) is 8.54. The summed E-state index contributed by atoms with van der Waals surface area (Å²) in [6.07, 6.45) is 6.42. The molecule has 2 aromatic rings. The molecule has 2 aliphatic heterocycles. The summed E-state index contributed by atoms with van der Waals surface area (Å²) in [6.45, 7) is 0.845. The van der Waals surface area contributed by atoms with E-state index < -0.39 is 5.54 Å². The maximum absolute atomic E-state index is 13.1. The van der Waals surface area contributed by atoms with E-state index in [0.29, 0.717) is 19.4 Å². The number of imide groups is 1. The lowest BCUT2D eigenvalue weighted by molar-refractivity contribution is -0.136. The number of likely N-dealkylation sites (tertiary alicyclic amines) is 1. The number of hydrogen-bond donors (Lipinski definition) is 1. The second kappa shape index (κ2) is 7.65. The topological polar surface area (TPSA) is 82.6 Å². The van der Waals surface area contributed by atoms with Gasteiger partial charge in [0.15, 0.2) is 0 Å². The Balaban J connectivity index is 1.28. The number of hydrogen-bond acceptors (Lipinski definition) is 5. The monoisotopic (exact) mass is 426 g/mol. The Morgan fingerprint density at radius 2 is 1.97 bits per heavy atom. The number of nitrogens with one attached hydrogen (secondary N) is 1. The quantitative estimate of drug-likeness (QED) is 0.757. The lowest BCUT2D eigenvalue weighted by Crippen LogP contribution is -2.44. The number of carbonyl (C=O) groups excluding carboxylic acids is 3. The Morgan fingerprint density at radius 1 is 1.17 bits per heavy atom. The van der Waals surface area contributed by atoms with Crippen molar-refractivity contribution in [3.63, 3.8) is 0 Å². The SMILES string of the molecule is O=C1NC2(CCCC2)C(=O)N1CCC(=O)N1CCCCC1c1nc2ccccc2s1. The largest absolute Gasteiger partial charge is 0.333 e. The van der Waals surface area contributed by atoms with Crippen LogP contribution >= 0.6 is 11.3 Å². The molecular formula is C22H26N4O3S. The number of nitrogens with zero attached hydrogens (tertiary/aromatic N) is 3. The van der Waals surface area contributed by atoms with Crippen molar-refractivity contribution in [2.75, 3.05) is 13.1 Å². The van der Waals surface area contributed by atoms with Crippen LogP contribution in [0.3, 0.4) is 0 Å². The summed E-state index contributed by atoms with van der Waals surface area (Å²) in [5.41, 5.74) is 0.256. The van der Waals surface area contributed by atoms with Gasteiger partial charge in [0.25, 0.3) is 5.91 Å². The number of aromatic nitrogens is 1. The van der Waals surface area contributed by atoms with Crippen molar-refractivity contribution in [3.8, 4) is 0 Å². The summed E-state index contributed by atoms with van der Waals surface area (Å²) in [4.78, 5) is 46.2. The van der Waals surface area contributed by atoms with Crippen molar-refractivity contribution in [2.45, 2.75) is 62.9 Å². The summed E-state index contributed by atoms with van der Waals surface area (Å²) >= 11 is 1.65. The molecule has 4 amide bonds. The van der Waals surface area contributed by atoms with Crippen LogP contribution < -0.4 is 5.32 Å². The van der Waals surface area contributed by atoms with Crippen LogP contribution in [0.15, 0.2) is 24.3 Å². The molecule has 8 heteroatoms. The Kier molecular flexibility index (Phi) is 4.97. The Bertz CT molecular complexity index is 964. The van der Waals surface area contributed by atoms with Gasteiger partial charge in [-0.2, -0.15) is 0 Å². The number of fused-ring (bicyclic) bond motifs is 1. The molecule has 1 aliphatic carbocycles. The highest BCUT2D eigenvalue weighted by molar-refractivity contribution is 7.18. The molecule has 1 aromatic carbocycles. The highest BCUT2D eigenvalue weighted by Gasteiger charge is 2.52. The highest BCUT2D eigenvalue weighted by atomic mass is 32.1. The van der Waals surface area contributed by atoms with Crippen LogP contribution in [0.5, 0.6) is 0 Å². The lowest BCUT2D eigenvalue weighted by Gasteiger charge is -2.35. The molecule has 0 bridgehead atoms. The van der Waals surface area contributed by atoms with Gasteiger partial charge in [0.05, 0.1) is 16.3 Å². The zero-order valence-corrected chi connectivity index (χ0v) is 17.7. The van der Waals surface area contributed by atoms with E-state index in [1.165, 1.54) is 4.90 Å². The molecule has 1 N–H and O–H groups in total. The van der Waals surface area contributed by atoms with Gasteiger partial charge in [0.1, 0.15) is 10.5 Å². The molecule has 2 saturated heterocycles. The average Bonchev–Trinajstić information content (AvgIpc) is 3.46. The molecule has 1 saturated carbocycles. The fourth-order valence-electron chi connectivity index (χ4n) is 5.07. The minimum absolute atomic E-state index is 0.00747. The van der Waals surface area contributed by atoms with Crippen molar-refractivity contribution in [1.29, 1.82) is 0 Å². The summed E-state index contributed by atoms with van der Waals surface area (Å²) in [7, 11) is 0. The van der Waals surface area contributed by atoms with Gasteiger partial charge < -0.3 is 10.2 Å². The molecular weight excluding hydrogens is 400 g/mol. The summed E-state index contributed by atoms with van der Waals surface area (Å²) in [6, 6.07) is 7.67. The molecule has 7 nitrogen and oxygen atoms in total. The molecule has 158 valence electrons. The van der Waals surface area contributed by atoms with Gasteiger partial charge in [-0.15, -0.1) is 11.3 Å². The first-order valence-corrected chi connectivity index (χ1v) is 11.7. The Hall–Kier alpha value is -2.48. The molecule has 3 aliphatic rings. The van der Waals surface area contributed by atoms with E-state index in [1.54, 1.807) is 11.3 Å². The maximum Gasteiger partial charge on any atom is 0.325 e. The fourth-order valence-corrected chi connectivity index (χ4v) is 6.18.